The first-order valence-corrected chi connectivity index (χ1v) is 5.11. The Morgan fingerprint density at radius 3 is 2.60 bits per heavy atom. The van der Waals surface area contributed by atoms with Crippen LogP contribution < -0.4 is 11.1 Å². The van der Waals surface area contributed by atoms with Gasteiger partial charge in [-0.3, -0.25) is 4.79 Å². The van der Waals surface area contributed by atoms with Gasteiger partial charge in [-0.2, -0.15) is 0 Å². The number of amides is 1. The van der Waals surface area contributed by atoms with E-state index in [4.69, 9.17) is 10.2 Å². The molecule has 4 heteroatoms. The second-order valence-corrected chi connectivity index (χ2v) is 4.02. The minimum absolute atomic E-state index is 0.133. The standard InChI is InChI=1S/C11H18N2O2/c1-7(2)10(12)11(14)13-8(3)9-5-4-6-15-9/h4-8,10H,12H2,1-3H3,(H,13,14)/t8-,10?/m0/s1. The summed E-state index contributed by atoms with van der Waals surface area (Å²) in [4.78, 5) is 11.6. The van der Waals surface area contributed by atoms with Crippen LogP contribution in [0.4, 0.5) is 0 Å². The van der Waals surface area contributed by atoms with Gasteiger partial charge in [0.2, 0.25) is 5.91 Å². The molecule has 0 aromatic carbocycles. The first kappa shape index (κ1) is 11.8. The van der Waals surface area contributed by atoms with Crippen LogP contribution in [0.3, 0.4) is 0 Å². The summed E-state index contributed by atoms with van der Waals surface area (Å²) in [5.74, 6) is 0.724. The van der Waals surface area contributed by atoms with Gasteiger partial charge in [0.1, 0.15) is 5.76 Å². The molecular weight excluding hydrogens is 192 g/mol. The second-order valence-electron chi connectivity index (χ2n) is 4.02. The van der Waals surface area contributed by atoms with Crippen LogP contribution in [-0.4, -0.2) is 11.9 Å². The highest BCUT2D eigenvalue weighted by Crippen LogP contribution is 2.12. The third kappa shape index (κ3) is 3.09. The number of hydrogen-bond donors (Lipinski definition) is 2. The molecule has 1 rings (SSSR count). The predicted octanol–water partition coefficient (Wildman–Crippen LogP) is 1.44. The van der Waals surface area contributed by atoms with Gasteiger partial charge in [0.15, 0.2) is 0 Å². The van der Waals surface area contributed by atoms with Gasteiger partial charge in [-0.15, -0.1) is 0 Å². The molecule has 0 spiro atoms. The highest BCUT2D eigenvalue weighted by atomic mass is 16.3. The number of rotatable bonds is 4. The van der Waals surface area contributed by atoms with Crippen molar-refractivity contribution in [1.29, 1.82) is 0 Å². The highest BCUT2D eigenvalue weighted by Gasteiger charge is 2.20. The van der Waals surface area contributed by atoms with E-state index in [0.717, 1.165) is 5.76 Å². The Balaban J connectivity index is 2.52. The smallest absolute Gasteiger partial charge is 0.237 e. The van der Waals surface area contributed by atoms with Crippen LogP contribution in [0.2, 0.25) is 0 Å². The van der Waals surface area contributed by atoms with Crippen molar-refractivity contribution in [3.8, 4) is 0 Å². The third-order valence-electron chi connectivity index (χ3n) is 2.35. The van der Waals surface area contributed by atoms with E-state index in [1.54, 1.807) is 12.3 Å². The van der Waals surface area contributed by atoms with Crippen LogP contribution in [0.15, 0.2) is 22.8 Å². The minimum Gasteiger partial charge on any atom is -0.467 e. The van der Waals surface area contributed by atoms with Crippen LogP contribution in [0.5, 0.6) is 0 Å². The molecule has 0 aliphatic rings. The molecule has 0 aliphatic carbocycles. The van der Waals surface area contributed by atoms with Crippen molar-refractivity contribution in [3.63, 3.8) is 0 Å². The van der Waals surface area contributed by atoms with Crippen LogP contribution in [0, 0.1) is 5.92 Å². The molecule has 1 amide bonds. The van der Waals surface area contributed by atoms with Gasteiger partial charge in [0.05, 0.1) is 18.3 Å². The van der Waals surface area contributed by atoms with Gasteiger partial charge in [-0.05, 0) is 25.0 Å². The molecule has 0 saturated heterocycles. The number of hydrogen-bond acceptors (Lipinski definition) is 3. The monoisotopic (exact) mass is 210 g/mol. The average molecular weight is 210 g/mol. The van der Waals surface area contributed by atoms with Gasteiger partial charge < -0.3 is 15.5 Å². The SMILES string of the molecule is CC(C)C(N)C(=O)N[C@@H](C)c1ccco1. The number of nitrogens with one attached hydrogen (secondary N) is 1. The number of carbonyl (C=O) groups is 1. The Morgan fingerprint density at radius 2 is 2.13 bits per heavy atom. The average Bonchev–Trinajstić information content (AvgIpc) is 2.68. The predicted molar refractivity (Wildman–Crippen MR) is 58.1 cm³/mol. The Hall–Kier alpha value is -1.29. The first-order chi connectivity index (χ1) is 7.02. The summed E-state index contributed by atoms with van der Waals surface area (Å²) >= 11 is 0. The highest BCUT2D eigenvalue weighted by molar-refractivity contribution is 5.82. The molecule has 1 aromatic rings. The molecule has 2 atom stereocenters. The van der Waals surface area contributed by atoms with E-state index >= 15 is 0 Å². The lowest BCUT2D eigenvalue weighted by atomic mass is 10.0. The van der Waals surface area contributed by atoms with E-state index in [1.807, 2.05) is 26.8 Å². The number of nitrogens with two attached hydrogens (primary N) is 1. The summed E-state index contributed by atoms with van der Waals surface area (Å²) in [5, 5.41) is 2.81. The van der Waals surface area contributed by atoms with Gasteiger partial charge in [-0.25, -0.2) is 0 Å². The van der Waals surface area contributed by atoms with E-state index < -0.39 is 6.04 Å². The number of furan rings is 1. The Bertz CT molecular complexity index is 306. The van der Waals surface area contributed by atoms with E-state index in [2.05, 4.69) is 5.32 Å². The van der Waals surface area contributed by atoms with Gasteiger partial charge in [-0.1, -0.05) is 13.8 Å². The van der Waals surface area contributed by atoms with E-state index in [9.17, 15) is 4.79 Å². The topological polar surface area (TPSA) is 68.3 Å². The second kappa shape index (κ2) is 4.98. The molecule has 1 heterocycles. The van der Waals surface area contributed by atoms with Gasteiger partial charge >= 0.3 is 0 Å². The molecule has 0 fully saturated rings. The zero-order chi connectivity index (χ0) is 11.4. The normalized spacial score (nSPS) is 15.0. The maximum absolute atomic E-state index is 11.6. The number of carbonyl (C=O) groups excluding carboxylic acids is 1. The summed E-state index contributed by atoms with van der Waals surface area (Å²) in [5.41, 5.74) is 5.72. The minimum atomic E-state index is -0.470. The summed E-state index contributed by atoms with van der Waals surface area (Å²) in [6, 6.07) is 3.01. The molecule has 0 aliphatic heterocycles. The fraction of sp³-hybridized carbons (Fsp3) is 0.545. The Morgan fingerprint density at radius 1 is 1.47 bits per heavy atom. The molecule has 1 unspecified atom stereocenters. The molecule has 3 N–H and O–H groups in total. The van der Waals surface area contributed by atoms with Crippen molar-refractivity contribution in [1.82, 2.24) is 5.32 Å². The largest absolute Gasteiger partial charge is 0.467 e. The first-order valence-electron chi connectivity index (χ1n) is 5.11. The zero-order valence-corrected chi connectivity index (χ0v) is 9.36. The molecule has 15 heavy (non-hydrogen) atoms. The molecule has 4 nitrogen and oxygen atoms in total. The fourth-order valence-electron chi connectivity index (χ4n) is 1.22. The van der Waals surface area contributed by atoms with Gasteiger partial charge in [0, 0.05) is 0 Å². The molecule has 0 radical (unpaired) electrons. The maximum atomic E-state index is 11.6. The molecule has 0 bridgehead atoms. The van der Waals surface area contributed by atoms with Crippen LogP contribution in [0.1, 0.15) is 32.6 Å². The lowest BCUT2D eigenvalue weighted by Crippen LogP contribution is -2.44. The fourth-order valence-corrected chi connectivity index (χ4v) is 1.22. The zero-order valence-electron chi connectivity index (χ0n) is 9.36. The van der Waals surface area contributed by atoms with Crippen molar-refractivity contribution in [3.05, 3.63) is 24.2 Å². The lowest BCUT2D eigenvalue weighted by Gasteiger charge is -2.18. The molecule has 1 aromatic heterocycles. The quantitative estimate of drug-likeness (QED) is 0.790. The lowest BCUT2D eigenvalue weighted by molar-refractivity contribution is -0.124. The summed E-state index contributed by atoms with van der Waals surface area (Å²) in [6.07, 6.45) is 1.58. The van der Waals surface area contributed by atoms with Gasteiger partial charge in [0.25, 0.3) is 0 Å². The van der Waals surface area contributed by atoms with Crippen molar-refractivity contribution >= 4 is 5.91 Å². The summed E-state index contributed by atoms with van der Waals surface area (Å²) < 4.78 is 5.18. The molecular formula is C11H18N2O2. The van der Waals surface area contributed by atoms with Crippen molar-refractivity contribution in [2.75, 3.05) is 0 Å². The third-order valence-corrected chi connectivity index (χ3v) is 2.35. The van der Waals surface area contributed by atoms with Crippen LogP contribution >= 0.6 is 0 Å². The van der Waals surface area contributed by atoms with E-state index in [-0.39, 0.29) is 17.9 Å². The molecule has 84 valence electrons. The maximum Gasteiger partial charge on any atom is 0.237 e. The van der Waals surface area contributed by atoms with Crippen molar-refractivity contribution in [2.24, 2.45) is 11.7 Å². The van der Waals surface area contributed by atoms with Crippen LogP contribution in [-0.2, 0) is 4.79 Å². The molecule has 0 saturated carbocycles. The summed E-state index contributed by atoms with van der Waals surface area (Å²) in [7, 11) is 0. The Labute approximate surface area is 89.8 Å². The van der Waals surface area contributed by atoms with E-state index in [0.29, 0.717) is 0 Å². The van der Waals surface area contributed by atoms with Crippen LogP contribution in [0.25, 0.3) is 0 Å². The summed E-state index contributed by atoms with van der Waals surface area (Å²) in [6.45, 7) is 5.70. The van der Waals surface area contributed by atoms with Crippen molar-refractivity contribution in [2.45, 2.75) is 32.9 Å². The van der Waals surface area contributed by atoms with Crippen molar-refractivity contribution < 1.29 is 9.21 Å². The van der Waals surface area contributed by atoms with E-state index in [1.165, 1.54) is 0 Å². The Kier molecular flexibility index (Phi) is 3.91.